The van der Waals surface area contributed by atoms with Crippen LogP contribution in [0.15, 0.2) is 23.1 Å². The molecule has 0 radical (unpaired) electrons. The van der Waals surface area contributed by atoms with E-state index in [0.717, 1.165) is 30.6 Å². The number of hydrogen-bond acceptors (Lipinski definition) is 6. The molecule has 1 saturated heterocycles. The Labute approximate surface area is 175 Å². The fourth-order valence-electron chi connectivity index (χ4n) is 4.16. The number of sulfonamides is 1. The molecule has 162 valence electrons. The second-order valence-corrected chi connectivity index (χ2v) is 9.78. The molecular formula is C20H25N3O6S. The number of rotatable bonds is 7. The summed E-state index contributed by atoms with van der Waals surface area (Å²) >= 11 is 0. The van der Waals surface area contributed by atoms with Crippen LogP contribution in [0.25, 0.3) is 0 Å². The van der Waals surface area contributed by atoms with Crippen LogP contribution in [-0.2, 0) is 24.4 Å². The molecule has 1 aromatic carbocycles. The molecule has 1 aliphatic heterocycles. The number of carbonyl (C=O) groups excluding carboxylic acids is 3. The lowest BCUT2D eigenvalue weighted by Gasteiger charge is -2.19. The summed E-state index contributed by atoms with van der Waals surface area (Å²) in [4.78, 5) is 38.8. The van der Waals surface area contributed by atoms with E-state index in [-0.39, 0.29) is 46.0 Å². The molecular weight excluding hydrogens is 410 g/mol. The molecule has 3 amide bonds. The highest BCUT2D eigenvalue weighted by Gasteiger charge is 2.48. The van der Waals surface area contributed by atoms with Gasteiger partial charge in [0.15, 0.2) is 0 Å². The molecule has 3 fully saturated rings. The normalized spacial score (nSPS) is 24.0. The molecule has 3 aliphatic rings. The molecule has 2 unspecified atom stereocenters. The zero-order chi connectivity index (χ0) is 21.5. The third kappa shape index (κ3) is 4.06. The van der Waals surface area contributed by atoms with Gasteiger partial charge in [0.05, 0.1) is 29.5 Å². The lowest BCUT2D eigenvalue weighted by molar-refractivity contribution is -0.142. The number of amides is 3. The Morgan fingerprint density at radius 3 is 2.30 bits per heavy atom. The number of imide groups is 1. The summed E-state index contributed by atoms with van der Waals surface area (Å²) in [6.45, 7) is -0.398. The van der Waals surface area contributed by atoms with Gasteiger partial charge in [0.1, 0.15) is 12.3 Å². The number of ether oxygens (including phenoxy) is 1. The molecule has 0 spiro atoms. The van der Waals surface area contributed by atoms with Gasteiger partial charge in [-0.1, -0.05) is 12.8 Å². The van der Waals surface area contributed by atoms with Crippen LogP contribution in [0.1, 0.15) is 38.5 Å². The van der Waals surface area contributed by atoms with Crippen LogP contribution in [-0.4, -0.2) is 50.7 Å². The Balaban J connectivity index is 1.49. The minimum atomic E-state index is -3.71. The monoisotopic (exact) mass is 435 g/mol. The average molecular weight is 436 g/mol. The van der Waals surface area contributed by atoms with Gasteiger partial charge in [-0.25, -0.2) is 13.1 Å². The zero-order valence-corrected chi connectivity index (χ0v) is 17.5. The second-order valence-electron chi connectivity index (χ2n) is 8.07. The first-order chi connectivity index (χ1) is 14.3. The van der Waals surface area contributed by atoms with Crippen molar-refractivity contribution in [3.63, 3.8) is 0 Å². The summed E-state index contributed by atoms with van der Waals surface area (Å²) in [5.41, 5.74) is 0.165. The lowest BCUT2D eigenvalue weighted by atomic mass is 9.81. The Morgan fingerprint density at radius 2 is 1.73 bits per heavy atom. The van der Waals surface area contributed by atoms with E-state index >= 15 is 0 Å². The SMILES string of the molecule is COc1ccc(S(=O)(=O)NC2CC2)cc1NC(=O)CN1C(=O)C2CCCCC2C1=O. The summed E-state index contributed by atoms with van der Waals surface area (Å²) in [5, 5.41) is 2.59. The number of fused-ring (bicyclic) bond motifs is 1. The van der Waals surface area contributed by atoms with Crippen LogP contribution >= 0.6 is 0 Å². The first-order valence-electron chi connectivity index (χ1n) is 10.2. The second kappa shape index (κ2) is 7.99. The van der Waals surface area contributed by atoms with Crippen molar-refractivity contribution in [3.05, 3.63) is 18.2 Å². The standard InChI is InChI=1S/C20H25N3O6S/c1-29-17-9-8-13(30(27,28)22-12-6-7-12)10-16(17)21-18(24)11-23-19(25)14-4-2-3-5-15(14)20(23)26/h8-10,12,14-15,22H,2-7,11H2,1H3,(H,21,24). The number of nitrogens with one attached hydrogen (secondary N) is 2. The van der Waals surface area contributed by atoms with Crippen molar-refractivity contribution in [2.45, 2.75) is 49.5 Å². The van der Waals surface area contributed by atoms with Crippen molar-refractivity contribution < 1.29 is 27.5 Å². The number of hydrogen-bond donors (Lipinski definition) is 2. The maximum Gasteiger partial charge on any atom is 0.244 e. The largest absolute Gasteiger partial charge is 0.495 e. The summed E-state index contributed by atoms with van der Waals surface area (Å²) in [7, 11) is -2.31. The maximum absolute atomic E-state index is 12.6. The Bertz CT molecular complexity index is 964. The molecule has 10 heteroatoms. The number of anilines is 1. The molecule has 30 heavy (non-hydrogen) atoms. The van der Waals surface area contributed by atoms with E-state index in [0.29, 0.717) is 12.8 Å². The van der Waals surface area contributed by atoms with Crippen molar-refractivity contribution in [2.75, 3.05) is 19.0 Å². The Hall–Kier alpha value is -2.46. The quantitative estimate of drug-likeness (QED) is 0.622. The predicted molar refractivity (Wildman–Crippen MR) is 107 cm³/mol. The highest BCUT2D eigenvalue weighted by molar-refractivity contribution is 7.89. The van der Waals surface area contributed by atoms with E-state index < -0.39 is 22.5 Å². The third-order valence-electron chi connectivity index (χ3n) is 5.89. The summed E-state index contributed by atoms with van der Waals surface area (Å²) < 4.78 is 32.7. The van der Waals surface area contributed by atoms with Gasteiger partial charge in [-0.05, 0) is 43.9 Å². The van der Waals surface area contributed by atoms with Crippen LogP contribution in [0.4, 0.5) is 5.69 Å². The van der Waals surface area contributed by atoms with E-state index in [4.69, 9.17) is 4.74 Å². The van der Waals surface area contributed by atoms with E-state index in [9.17, 15) is 22.8 Å². The fraction of sp³-hybridized carbons (Fsp3) is 0.550. The van der Waals surface area contributed by atoms with Gasteiger partial charge in [0.2, 0.25) is 27.7 Å². The number of nitrogens with zero attached hydrogens (tertiary/aromatic N) is 1. The molecule has 2 atom stereocenters. The van der Waals surface area contributed by atoms with Crippen molar-refractivity contribution in [1.29, 1.82) is 0 Å². The predicted octanol–water partition coefficient (Wildman–Crippen LogP) is 1.25. The first-order valence-corrected chi connectivity index (χ1v) is 11.6. The molecule has 2 aliphatic carbocycles. The number of carbonyl (C=O) groups is 3. The highest BCUT2D eigenvalue weighted by Crippen LogP contribution is 2.38. The summed E-state index contributed by atoms with van der Waals surface area (Å²) in [5.74, 6) is -1.54. The van der Waals surface area contributed by atoms with Gasteiger partial charge >= 0.3 is 0 Å². The van der Waals surface area contributed by atoms with Crippen LogP contribution in [0, 0.1) is 11.8 Å². The fourth-order valence-corrected chi connectivity index (χ4v) is 5.49. The maximum atomic E-state index is 12.6. The van der Waals surface area contributed by atoms with Gasteiger partial charge in [0.25, 0.3) is 0 Å². The molecule has 1 heterocycles. The Kier molecular flexibility index (Phi) is 5.54. The van der Waals surface area contributed by atoms with Crippen LogP contribution < -0.4 is 14.8 Å². The summed E-state index contributed by atoms with van der Waals surface area (Å²) in [6, 6.07) is 4.12. The average Bonchev–Trinajstić information content (AvgIpc) is 3.50. The topological polar surface area (TPSA) is 122 Å². The lowest BCUT2D eigenvalue weighted by Crippen LogP contribution is -2.38. The van der Waals surface area contributed by atoms with E-state index in [1.165, 1.54) is 25.3 Å². The van der Waals surface area contributed by atoms with Crippen LogP contribution in [0.5, 0.6) is 5.75 Å². The molecule has 0 bridgehead atoms. The number of likely N-dealkylation sites (tertiary alicyclic amines) is 1. The minimum absolute atomic E-state index is 0.00449. The number of benzene rings is 1. The highest BCUT2D eigenvalue weighted by atomic mass is 32.2. The summed E-state index contributed by atoms with van der Waals surface area (Å²) in [6.07, 6.45) is 4.78. The molecule has 1 aromatic rings. The Morgan fingerprint density at radius 1 is 1.10 bits per heavy atom. The van der Waals surface area contributed by atoms with E-state index in [2.05, 4.69) is 10.0 Å². The van der Waals surface area contributed by atoms with Crippen molar-refractivity contribution >= 4 is 33.4 Å². The van der Waals surface area contributed by atoms with Crippen molar-refractivity contribution in [2.24, 2.45) is 11.8 Å². The van der Waals surface area contributed by atoms with Crippen molar-refractivity contribution in [3.8, 4) is 5.75 Å². The van der Waals surface area contributed by atoms with Gasteiger partial charge in [0, 0.05) is 6.04 Å². The van der Waals surface area contributed by atoms with E-state index in [1.807, 2.05) is 0 Å². The third-order valence-corrected chi connectivity index (χ3v) is 7.41. The van der Waals surface area contributed by atoms with Crippen LogP contribution in [0.3, 0.4) is 0 Å². The van der Waals surface area contributed by atoms with Crippen molar-refractivity contribution in [1.82, 2.24) is 9.62 Å². The number of methoxy groups -OCH3 is 1. The molecule has 9 nitrogen and oxygen atoms in total. The van der Waals surface area contributed by atoms with Gasteiger partial charge in [-0.15, -0.1) is 0 Å². The molecule has 4 rings (SSSR count). The zero-order valence-electron chi connectivity index (χ0n) is 16.7. The van der Waals surface area contributed by atoms with Gasteiger partial charge in [-0.3, -0.25) is 19.3 Å². The molecule has 0 aromatic heterocycles. The van der Waals surface area contributed by atoms with E-state index in [1.54, 1.807) is 0 Å². The van der Waals surface area contributed by atoms with Crippen LogP contribution in [0.2, 0.25) is 0 Å². The first kappa shape index (κ1) is 20.8. The molecule has 2 saturated carbocycles. The van der Waals surface area contributed by atoms with Gasteiger partial charge < -0.3 is 10.1 Å². The molecule has 2 N–H and O–H groups in total. The minimum Gasteiger partial charge on any atom is -0.495 e. The van der Waals surface area contributed by atoms with Gasteiger partial charge in [-0.2, -0.15) is 0 Å². The smallest absolute Gasteiger partial charge is 0.244 e.